The number of alkyl halides is 3. The summed E-state index contributed by atoms with van der Waals surface area (Å²) >= 11 is 0. The lowest BCUT2D eigenvalue weighted by molar-refractivity contribution is -0.145. The van der Waals surface area contributed by atoms with E-state index in [1.807, 2.05) is 0 Å². The number of rotatable bonds is 6. The highest BCUT2D eigenvalue weighted by Crippen LogP contribution is 2.29. The smallest absolute Gasteiger partial charge is 0.416 e. The Morgan fingerprint density at radius 1 is 1.22 bits per heavy atom. The number of aliphatic carboxylic acids is 1. The molecule has 2 amide bonds. The summed E-state index contributed by atoms with van der Waals surface area (Å²) in [7, 11) is 0. The minimum Gasteiger partial charge on any atom is -0.480 e. The van der Waals surface area contributed by atoms with Gasteiger partial charge >= 0.3 is 12.1 Å². The molecule has 1 aromatic rings. The van der Waals surface area contributed by atoms with E-state index in [1.54, 1.807) is 0 Å². The molecule has 2 rings (SSSR count). The molecular formula is C17H19F3N2O5. The van der Waals surface area contributed by atoms with Crippen molar-refractivity contribution in [3.8, 4) is 0 Å². The lowest BCUT2D eigenvalue weighted by Gasteiger charge is -2.28. The third-order valence-electron chi connectivity index (χ3n) is 4.13. The summed E-state index contributed by atoms with van der Waals surface area (Å²) < 4.78 is 42.7. The van der Waals surface area contributed by atoms with Crippen molar-refractivity contribution < 1.29 is 37.4 Å². The van der Waals surface area contributed by atoms with Crippen molar-refractivity contribution in [2.24, 2.45) is 5.92 Å². The van der Waals surface area contributed by atoms with Crippen LogP contribution in [0.5, 0.6) is 0 Å². The average Bonchev–Trinajstić information content (AvgIpc) is 2.64. The summed E-state index contributed by atoms with van der Waals surface area (Å²) in [4.78, 5) is 35.2. The molecule has 10 heteroatoms. The zero-order valence-electron chi connectivity index (χ0n) is 14.2. The van der Waals surface area contributed by atoms with Gasteiger partial charge in [0, 0.05) is 18.1 Å². The Morgan fingerprint density at radius 3 is 2.41 bits per heavy atom. The molecule has 27 heavy (non-hydrogen) atoms. The zero-order valence-corrected chi connectivity index (χ0v) is 14.2. The van der Waals surface area contributed by atoms with Crippen LogP contribution in [0.2, 0.25) is 0 Å². The van der Waals surface area contributed by atoms with Crippen LogP contribution < -0.4 is 10.6 Å². The Kier molecular flexibility index (Phi) is 6.78. The molecule has 1 heterocycles. The molecule has 0 spiro atoms. The summed E-state index contributed by atoms with van der Waals surface area (Å²) in [6.45, 7) is 0.256. The molecule has 1 aliphatic rings. The van der Waals surface area contributed by atoms with Crippen molar-refractivity contribution in [2.45, 2.75) is 25.1 Å². The van der Waals surface area contributed by atoms with Crippen molar-refractivity contribution >= 4 is 17.8 Å². The topological polar surface area (TPSA) is 105 Å². The number of hydrogen-bond acceptors (Lipinski definition) is 4. The van der Waals surface area contributed by atoms with Crippen LogP contribution in [0.25, 0.3) is 0 Å². The average molecular weight is 388 g/mol. The van der Waals surface area contributed by atoms with E-state index in [-0.39, 0.29) is 18.1 Å². The highest BCUT2D eigenvalue weighted by atomic mass is 19.4. The Morgan fingerprint density at radius 2 is 1.89 bits per heavy atom. The lowest BCUT2D eigenvalue weighted by Crippen LogP contribution is -2.51. The second-order valence-corrected chi connectivity index (χ2v) is 6.12. The highest BCUT2D eigenvalue weighted by Gasteiger charge is 2.32. The van der Waals surface area contributed by atoms with Crippen molar-refractivity contribution in [1.82, 2.24) is 10.6 Å². The molecule has 7 nitrogen and oxygen atoms in total. The first-order chi connectivity index (χ1) is 12.7. The number of hydrogen-bond donors (Lipinski definition) is 3. The molecule has 1 aromatic carbocycles. The standard InChI is InChI=1S/C17H19F3N2O5/c18-17(19,20)12-5-3-10(4-6-12)15(24)21-8-13(23)22-14(16(25)26)11-2-1-7-27-9-11/h3-6,11,14H,1-2,7-9H2,(H,21,24)(H,22,23)(H,25,26). The molecule has 1 saturated heterocycles. The molecular weight excluding hydrogens is 369 g/mol. The first-order valence-electron chi connectivity index (χ1n) is 8.24. The maximum Gasteiger partial charge on any atom is 0.416 e. The van der Waals surface area contributed by atoms with Gasteiger partial charge in [0.1, 0.15) is 6.04 Å². The van der Waals surface area contributed by atoms with Crippen molar-refractivity contribution in [2.75, 3.05) is 19.8 Å². The quantitative estimate of drug-likeness (QED) is 0.684. The number of carbonyl (C=O) groups is 3. The fraction of sp³-hybridized carbons (Fsp3) is 0.471. The molecule has 1 fully saturated rings. The van der Waals surface area contributed by atoms with Gasteiger partial charge in [-0.1, -0.05) is 0 Å². The summed E-state index contributed by atoms with van der Waals surface area (Å²) in [5, 5.41) is 13.9. The fourth-order valence-electron chi connectivity index (χ4n) is 2.71. The molecule has 3 N–H and O–H groups in total. The Bertz CT molecular complexity index is 685. The molecule has 0 saturated carbocycles. The number of carbonyl (C=O) groups excluding carboxylic acids is 2. The molecule has 2 unspecified atom stereocenters. The van der Waals surface area contributed by atoms with Crippen LogP contribution in [0.15, 0.2) is 24.3 Å². The number of carboxylic acids is 1. The SMILES string of the molecule is O=C(CNC(=O)c1ccc(C(F)(F)F)cc1)NC(C(=O)O)C1CCCOC1. The van der Waals surface area contributed by atoms with Gasteiger partial charge in [-0.2, -0.15) is 13.2 Å². The predicted octanol–water partition coefficient (Wildman–Crippen LogP) is 1.43. The van der Waals surface area contributed by atoms with Gasteiger partial charge in [-0.25, -0.2) is 4.79 Å². The van der Waals surface area contributed by atoms with E-state index in [0.29, 0.717) is 19.4 Å². The van der Waals surface area contributed by atoms with Gasteiger partial charge in [0.25, 0.3) is 5.91 Å². The van der Waals surface area contributed by atoms with E-state index in [0.717, 1.165) is 24.3 Å². The number of benzene rings is 1. The van der Waals surface area contributed by atoms with E-state index >= 15 is 0 Å². The summed E-state index contributed by atoms with van der Waals surface area (Å²) in [5.74, 6) is -3.03. The Hall–Kier alpha value is -2.62. The second kappa shape index (κ2) is 8.85. The normalized spacial score (nSPS) is 18.4. The summed E-state index contributed by atoms with van der Waals surface area (Å²) in [6.07, 6.45) is -3.23. The molecule has 1 aliphatic heterocycles. The van der Waals surface area contributed by atoms with Crippen LogP contribution in [-0.2, 0) is 20.5 Å². The third-order valence-corrected chi connectivity index (χ3v) is 4.13. The van der Waals surface area contributed by atoms with Gasteiger partial charge in [0.05, 0.1) is 18.7 Å². The minimum atomic E-state index is -4.51. The van der Waals surface area contributed by atoms with E-state index in [9.17, 15) is 32.7 Å². The molecule has 148 valence electrons. The first kappa shape index (κ1) is 20.7. The lowest BCUT2D eigenvalue weighted by atomic mass is 9.93. The van der Waals surface area contributed by atoms with Gasteiger partial charge in [-0.3, -0.25) is 9.59 Å². The van der Waals surface area contributed by atoms with Gasteiger partial charge in [0.2, 0.25) is 5.91 Å². The maximum atomic E-state index is 12.5. The Labute approximate surface area is 152 Å². The fourth-order valence-corrected chi connectivity index (χ4v) is 2.71. The van der Waals surface area contributed by atoms with Crippen LogP contribution in [0, 0.1) is 5.92 Å². The number of nitrogens with one attached hydrogen (secondary N) is 2. The monoisotopic (exact) mass is 388 g/mol. The molecule has 2 atom stereocenters. The van der Waals surface area contributed by atoms with E-state index < -0.39 is 42.1 Å². The van der Waals surface area contributed by atoms with Gasteiger partial charge in [0.15, 0.2) is 0 Å². The van der Waals surface area contributed by atoms with Crippen molar-refractivity contribution in [1.29, 1.82) is 0 Å². The molecule has 0 aromatic heterocycles. The van der Waals surface area contributed by atoms with Crippen molar-refractivity contribution in [3.05, 3.63) is 35.4 Å². The summed E-state index contributed by atoms with van der Waals surface area (Å²) in [5.41, 5.74) is -0.943. The highest BCUT2D eigenvalue weighted by molar-refractivity contribution is 5.96. The number of ether oxygens (including phenoxy) is 1. The molecule has 0 bridgehead atoms. The number of carboxylic acid groups (broad SMARTS) is 1. The summed E-state index contributed by atoms with van der Waals surface area (Å²) in [6, 6.07) is 2.38. The number of halogens is 3. The van der Waals surface area contributed by atoms with Crippen molar-refractivity contribution in [3.63, 3.8) is 0 Å². The van der Waals surface area contributed by atoms with Gasteiger partial charge in [-0.15, -0.1) is 0 Å². The predicted molar refractivity (Wildman–Crippen MR) is 86.9 cm³/mol. The second-order valence-electron chi connectivity index (χ2n) is 6.12. The Balaban J connectivity index is 1.88. The van der Waals surface area contributed by atoms with Crippen LogP contribution in [0.4, 0.5) is 13.2 Å². The minimum absolute atomic E-state index is 0.0498. The largest absolute Gasteiger partial charge is 0.480 e. The van der Waals surface area contributed by atoms with E-state index in [2.05, 4.69) is 10.6 Å². The van der Waals surface area contributed by atoms with Gasteiger partial charge in [-0.05, 0) is 37.1 Å². The maximum absolute atomic E-state index is 12.5. The van der Waals surface area contributed by atoms with Crippen LogP contribution in [0.3, 0.4) is 0 Å². The third kappa shape index (κ3) is 5.95. The zero-order chi connectivity index (χ0) is 20.0. The van der Waals surface area contributed by atoms with Crippen LogP contribution >= 0.6 is 0 Å². The van der Waals surface area contributed by atoms with Crippen LogP contribution in [0.1, 0.15) is 28.8 Å². The number of amides is 2. The van der Waals surface area contributed by atoms with Gasteiger partial charge < -0.3 is 20.5 Å². The van der Waals surface area contributed by atoms with E-state index in [4.69, 9.17) is 4.74 Å². The molecule has 0 aliphatic carbocycles. The molecule has 0 radical (unpaired) electrons. The van der Waals surface area contributed by atoms with E-state index in [1.165, 1.54) is 0 Å². The van der Waals surface area contributed by atoms with Crippen LogP contribution in [-0.4, -0.2) is 48.7 Å². The first-order valence-corrected chi connectivity index (χ1v) is 8.24.